The SMILES string of the molecule is CCOc1nc(NN)nc(NCC(C)N2CCCCC2)n1. The van der Waals surface area contributed by atoms with E-state index < -0.39 is 0 Å². The van der Waals surface area contributed by atoms with Gasteiger partial charge in [0.25, 0.3) is 0 Å². The lowest BCUT2D eigenvalue weighted by atomic mass is 10.1. The highest BCUT2D eigenvalue weighted by Gasteiger charge is 2.17. The van der Waals surface area contributed by atoms with Crippen LogP contribution in [0.1, 0.15) is 33.1 Å². The molecule has 1 saturated heterocycles. The Labute approximate surface area is 125 Å². The Balaban J connectivity index is 1.93. The third-order valence-electron chi connectivity index (χ3n) is 3.59. The van der Waals surface area contributed by atoms with Crippen LogP contribution in [0.2, 0.25) is 0 Å². The summed E-state index contributed by atoms with van der Waals surface area (Å²) in [4.78, 5) is 14.9. The molecule has 1 fully saturated rings. The molecule has 8 nitrogen and oxygen atoms in total. The van der Waals surface area contributed by atoms with Crippen molar-refractivity contribution in [2.24, 2.45) is 5.84 Å². The number of nitrogen functional groups attached to an aromatic ring is 1. The van der Waals surface area contributed by atoms with E-state index in [1.165, 1.54) is 32.4 Å². The minimum atomic E-state index is 0.272. The van der Waals surface area contributed by atoms with E-state index in [4.69, 9.17) is 10.6 Å². The molecule has 1 aromatic rings. The smallest absolute Gasteiger partial charge is 0.323 e. The molecule has 0 aromatic carbocycles. The molecule has 0 bridgehead atoms. The van der Waals surface area contributed by atoms with E-state index in [0.29, 0.717) is 24.5 Å². The van der Waals surface area contributed by atoms with Gasteiger partial charge >= 0.3 is 6.01 Å². The van der Waals surface area contributed by atoms with E-state index in [-0.39, 0.29) is 6.01 Å². The van der Waals surface area contributed by atoms with Crippen molar-refractivity contribution in [3.63, 3.8) is 0 Å². The monoisotopic (exact) mass is 295 g/mol. The number of hydrogen-bond donors (Lipinski definition) is 3. The summed E-state index contributed by atoms with van der Waals surface area (Å²) in [6.07, 6.45) is 3.91. The van der Waals surface area contributed by atoms with Crippen LogP contribution in [0.4, 0.5) is 11.9 Å². The number of anilines is 2. The maximum absolute atomic E-state index is 5.36. The lowest BCUT2D eigenvalue weighted by Crippen LogP contribution is -2.41. The summed E-state index contributed by atoms with van der Waals surface area (Å²) in [5.41, 5.74) is 2.42. The van der Waals surface area contributed by atoms with Gasteiger partial charge < -0.3 is 10.1 Å². The molecule has 1 atom stereocenters. The number of hydrazine groups is 1. The second kappa shape index (κ2) is 7.94. The molecule has 21 heavy (non-hydrogen) atoms. The van der Waals surface area contributed by atoms with Gasteiger partial charge in [-0.25, -0.2) is 5.84 Å². The Kier molecular flexibility index (Phi) is 5.94. The zero-order valence-corrected chi connectivity index (χ0v) is 12.8. The highest BCUT2D eigenvalue weighted by atomic mass is 16.5. The second-order valence-electron chi connectivity index (χ2n) is 5.17. The first-order valence-electron chi connectivity index (χ1n) is 7.56. The van der Waals surface area contributed by atoms with Crippen molar-refractivity contribution in [2.45, 2.75) is 39.2 Å². The van der Waals surface area contributed by atoms with E-state index >= 15 is 0 Å². The van der Waals surface area contributed by atoms with Crippen LogP contribution in [0.15, 0.2) is 0 Å². The number of hydrogen-bond acceptors (Lipinski definition) is 8. The minimum Gasteiger partial charge on any atom is -0.464 e. The first-order chi connectivity index (χ1) is 10.2. The van der Waals surface area contributed by atoms with Gasteiger partial charge in [-0.05, 0) is 39.8 Å². The first kappa shape index (κ1) is 15.7. The van der Waals surface area contributed by atoms with Gasteiger partial charge in [-0.3, -0.25) is 10.3 Å². The molecule has 0 spiro atoms. The molecule has 1 aliphatic rings. The maximum Gasteiger partial charge on any atom is 0.323 e. The van der Waals surface area contributed by atoms with Crippen molar-refractivity contribution in [3.8, 4) is 6.01 Å². The molecule has 1 unspecified atom stereocenters. The van der Waals surface area contributed by atoms with Crippen molar-refractivity contribution >= 4 is 11.9 Å². The molecule has 0 aliphatic carbocycles. The average molecular weight is 295 g/mol. The van der Waals surface area contributed by atoms with Crippen molar-refractivity contribution in [1.82, 2.24) is 19.9 Å². The van der Waals surface area contributed by atoms with Gasteiger partial charge in [0, 0.05) is 12.6 Å². The van der Waals surface area contributed by atoms with Crippen LogP contribution in [-0.2, 0) is 0 Å². The van der Waals surface area contributed by atoms with Crippen molar-refractivity contribution < 1.29 is 4.74 Å². The minimum absolute atomic E-state index is 0.272. The Morgan fingerprint density at radius 2 is 1.90 bits per heavy atom. The van der Waals surface area contributed by atoms with Crippen molar-refractivity contribution in [3.05, 3.63) is 0 Å². The molecule has 2 rings (SSSR count). The summed E-state index contributed by atoms with van der Waals surface area (Å²) in [6.45, 7) is 7.70. The van der Waals surface area contributed by atoms with E-state index in [1.807, 2.05) is 6.92 Å². The molecule has 2 heterocycles. The summed E-state index contributed by atoms with van der Waals surface area (Å²) in [6, 6.07) is 0.709. The Morgan fingerprint density at radius 1 is 1.19 bits per heavy atom. The van der Waals surface area contributed by atoms with E-state index in [1.54, 1.807) is 0 Å². The molecule has 0 radical (unpaired) electrons. The molecule has 1 aromatic heterocycles. The summed E-state index contributed by atoms with van der Waals surface area (Å²) in [5, 5.41) is 3.24. The summed E-state index contributed by atoms with van der Waals surface area (Å²) in [5.74, 6) is 6.13. The van der Waals surface area contributed by atoms with Gasteiger partial charge in [-0.2, -0.15) is 15.0 Å². The second-order valence-corrected chi connectivity index (χ2v) is 5.17. The van der Waals surface area contributed by atoms with Gasteiger partial charge in [-0.15, -0.1) is 0 Å². The number of nitrogens with zero attached hydrogens (tertiary/aromatic N) is 4. The fourth-order valence-electron chi connectivity index (χ4n) is 2.42. The summed E-state index contributed by atoms with van der Waals surface area (Å²) >= 11 is 0. The lowest BCUT2D eigenvalue weighted by molar-refractivity contribution is 0.180. The third-order valence-corrected chi connectivity index (χ3v) is 3.59. The van der Waals surface area contributed by atoms with Crippen molar-refractivity contribution in [2.75, 3.05) is 37.0 Å². The average Bonchev–Trinajstić information content (AvgIpc) is 2.53. The van der Waals surface area contributed by atoms with Crippen LogP contribution in [0, 0.1) is 0 Å². The fraction of sp³-hybridized carbons (Fsp3) is 0.769. The van der Waals surface area contributed by atoms with Crippen LogP contribution in [-0.4, -0.2) is 52.1 Å². The van der Waals surface area contributed by atoms with Crippen LogP contribution in [0.25, 0.3) is 0 Å². The van der Waals surface area contributed by atoms with Gasteiger partial charge in [-0.1, -0.05) is 6.42 Å². The van der Waals surface area contributed by atoms with Gasteiger partial charge in [0.1, 0.15) is 0 Å². The Morgan fingerprint density at radius 3 is 2.57 bits per heavy atom. The Bertz CT molecular complexity index is 437. The number of piperidine rings is 1. The van der Waals surface area contributed by atoms with Gasteiger partial charge in [0.2, 0.25) is 11.9 Å². The number of nitrogens with one attached hydrogen (secondary N) is 2. The topological polar surface area (TPSA) is 101 Å². The number of nitrogens with two attached hydrogens (primary N) is 1. The molecule has 1 aliphatic heterocycles. The zero-order chi connectivity index (χ0) is 15.1. The largest absolute Gasteiger partial charge is 0.464 e. The molecule has 8 heteroatoms. The first-order valence-corrected chi connectivity index (χ1v) is 7.56. The predicted molar refractivity (Wildman–Crippen MR) is 82.2 cm³/mol. The van der Waals surface area contributed by atoms with Gasteiger partial charge in [0.05, 0.1) is 6.61 Å². The summed E-state index contributed by atoms with van der Waals surface area (Å²) in [7, 11) is 0. The predicted octanol–water partition coefficient (Wildman–Crippen LogP) is 0.842. The van der Waals surface area contributed by atoms with Crippen molar-refractivity contribution in [1.29, 1.82) is 0 Å². The molecule has 118 valence electrons. The maximum atomic E-state index is 5.36. The molecular weight excluding hydrogens is 270 g/mol. The van der Waals surface area contributed by atoms with E-state index in [2.05, 4.69) is 37.5 Å². The van der Waals surface area contributed by atoms with Gasteiger partial charge in [0.15, 0.2) is 0 Å². The molecule has 0 amide bonds. The quantitative estimate of drug-likeness (QED) is 0.502. The number of likely N-dealkylation sites (tertiary alicyclic amines) is 1. The Hall–Kier alpha value is -1.67. The van der Waals surface area contributed by atoms with Crippen LogP contribution in [0.5, 0.6) is 6.01 Å². The van der Waals surface area contributed by atoms with Crippen LogP contribution in [0.3, 0.4) is 0 Å². The highest BCUT2D eigenvalue weighted by Crippen LogP contribution is 2.14. The number of ether oxygens (including phenoxy) is 1. The third kappa shape index (κ3) is 4.68. The number of aromatic nitrogens is 3. The fourth-order valence-corrected chi connectivity index (χ4v) is 2.42. The molecule has 0 saturated carbocycles. The van der Waals surface area contributed by atoms with Crippen LogP contribution < -0.4 is 21.3 Å². The highest BCUT2D eigenvalue weighted by molar-refractivity contribution is 5.35. The number of rotatable bonds is 7. The summed E-state index contributed by atoms with van der Waals surface area (Å²) < 4.78 is 5.30. The van der Waals surface area contributed by atoms with E-state index in [0.717, 1.165) is 6.54 Å². The van der Waals surface area contributed by atoms with Crippen LogP contribution >= 0.6 is 0 Å². The van der Waals surface area contributed by atoms with E-state index in [9.17, 15) is 0 Å². The standard InChI is InChI=1S/C13H25N7O/c1-3-21-13-17-11(16-12(18-13)19-14)15-9-10(2)20-7-5-4-6-8-20/h10H,3-9,14H2,1-2H3,(H2,15,16,17,18,19). The lowest BCUT2D eigenvalue weighted by Gasteiger charge is -2.32. The molecular formula is C13H25N7O. The zero-order valence-electron chi connectivity index (χ0n) is 12.8. The molecule has 4 N–H and O–H groups in total. The normalized spacial score (nSPS) is 17.3.